The third kappa shape index (κ3) is 8.74. The van der Waals surface area contributed by atoms with Gasteiger partial charge in [-0.25, -0.2) is 4.98 Å². The van der Waals surface area contributed by atoms with Crippen molar-refractivity contribution in [2.45, 2.75) is 64.7 Å². The van der Waals surface area contributed by atoms with Gasteiger partial charge in [0.2, 0.25) is 0 Å². The highest BCUT2D eigenvalue weighted by atomic mass is 19.4. The van der Waals surface area contributed by atoms with Crippen LogP contribution in [-0.4, -0.2) is 28.8 Å². The maximum Gasteiger partial charge on any atom is 0.430 e. The van der Waals surface area contributed by atoms with Gasteiger partial charge in [-0.2, -0.15) is 26.3 Å². The van der Waals surface area contributed by atoms with Gasteiger partial charge in [0.15, 0.2) is 0 Å². The van der Waals surface area contributed by atoms with Gasteiger partial charge in [0.1, 0.15) is 11.4 Å². The molecule has 1 aromatic heterocycles. The largest absolute Gasteiger partial charge is 0.430 e. The zero-order valence-electron chi connectivity index (χ0n) is 25.7. The maximum absolute atomic E-state index is 13.2. The Morgan fingerprint density at radius 3 is 1.18 bits per heavy atom. The Kier molecular flexibility index (Phi) is 9.62. The van der Waals surface area contributed by atoms with E-state index in [0.717, 1.165) is 11.1 Å². The summed E-state index contributed by atoms with van der Waals surface area (Å²) < 4.78 is 79.1. The highest BCUT2D eigenvalue weighted by Gasteiger charge is 2.33. The summed E-state index contributed by atoms with van der Waals surface area (Å²) in [6.07, 6.45) is -9.14. The van der Waals surface area contributed by atoms with Crippen LogP contribution in [0.1, 0.15) is 64.1 Å². The van der Waals surface area contributed by atoms with Crippen molar-refractivity contribution in [3.63, 3.8) is 0 Å². The topological polar surface area (TPSA) is 116 Å². The minimum absolute atomic E-state index is 0.172. The average molecular weight is 631 g/mol. The fourth-order valence-corrected chi connectivity index (χ4v) is 4.21. The predicted octanol–water partition coefficient (Wildman–Crippen LogP) is 8.69. The van der Waals surface area contributed by atoms with Crippen LogP contribution < -0.4 is 16.4 Å². The maximum atomic E-state index is 13.2. The van der Waals surface area contributed by atoms with E-state index in [1.165, 1.54) is 12.1 Å². The molecule has 0 atom stereocenters. The lowest BCUT2D eigenvalue weighted by Crippen LogP contribution is -2.22. The first-order valence-corrected chi connectivity index (χ1v) is 13.8. The molecule has 3 rings (SSSR count). The molecule has 45 heavy (non-hydrogen) atoms. The van der Waals surface area contributed by atoms with Gasteiger partial charge in [0.25, 0.3) is 0 Å². The van der Waals surface area contributed by atoms with Crippen LogP contribution in [0.4, 0.5) is 43.4 Å². The highest BCUT2D eigenvalue weighted by molar-refractivity contribution is 6.10. The first-order valence-electron chi connectivity index (χ1n) is 13.8. The Morgan fingerprint density at radius 1 is 0.600 bits per heavy atom. The smallest absolute Gasteiger partial charge is 0.395 e. The van der Waals surface area contributed by atoms with Crippen LogP contribution in [0.25, 0.3) is 0 Å². The minimum Gasteiger partial charge on any atom is -0.395 e. The number of allylic oxidation sites excluding steroid dienone is 4. The van der Waals surface area contributed by atoms with Crippen molar-refractivity contribution in [1.29, 1.82) is 10.8 Å². The number of pyridine rings is 1. The second-order valence-corrected chi connectivity index (χ2v) is 12.5. The Hall–Kier alpha value is -4.61. The molecule has 2 aromatic carbocycles. The molecule has 1 heterocycles. The third-order valence-electron chi connectivity index (χ3n) is 6.86. The van der Waals surface area contributed by atoms with E-state index in [0.29, 0.717) is 23.5 Å². The monoisotopic (exact) mass is 630 g/mol. The quantitative estimate of drug-likeness (QED) is 0.154. The summed E-state index contributed by atoms with van der Waals surface area (Å²) in [4.78, 5) is 5.77. The average Bonchev–Trinajstić information content (AvgIpc) is 2.91. The Balaban J connectivity index is 2.33. The third-order valence-corrected chi connectivity index (χ3v) is 6.86. The van der Waals surface area contributed by atoms with Crippen molar-refractivity contribution in [2.24, 2.45) is 11.5 Å². The minimum atomic E-state index is -4.93. The molecule has 0 aliphatic heterocycles. The lowest BCUT2D eigenvalue weighted by atomic mass is 9.86. The Morgan fingerprint density at radius 2 is 0.911 bits per heavy atom. The summed E-state index contributed by atoms with van der Waals surface area (Å²) in [5.41, 5.74) is 8.03. The van der Waals surface area contributed by atoms with Gasteiger partial charge in [0, 0.05) is 11.4 Å². The predicted molar refractivity (Wildman–Crippen MR) is 167 cm³/mol. The number of rotatable bonds is 7. The number of hydrogen-bond acceptors (Lipinski definition) is 6. The van der Waals surface area contributed by atoms with Gasteiger partial charge >= 0.3 is 12.4 Å². The molecule has 0 aliphatic carbocycles. The molecule has 12 heteroatoms. The van der Waals surface area contributed by atoms with Crippen LogP contribution >= 0.6 is 0 Å². The zero-order valence-corrected chi connectivity index (χ0v) is 25.7. The number of hydrogen-bond donors (Lipinski definition) is 4. The molecular formula is C33H36F6N6. The zero-order chi connectivity index (χ0) is 34.1. The number of benzene rings is 2. The Labute approximate surface area is 258 Å². The van der Waals surface area contributed by atoms with E-state index in [1.54, 1.807) is 4.90 Å². The van der Waals surface area contributed by atoms with Gasteiger partial charge in [-0.1, -0.05) is 65.8 Å². The SMILES string of the molecule is CC(C)(C)c1ccc(N(c2ccc(C(C)(C)C)cc2)c2cc(C(=N)C=C(N)C(F)(F)F)nc(C(=N)C=C(N)C(F)(F)F)c2)cc1. The molecule has 0 radical (unpaired) electrons. The lowest BCUT2D eigenvalue weighted by molar-refractivity contribution is -0.0933. The van der Waals surface area contributed by atoms with E-state index in [9.17, 15) is 26.3 Å². The van der Waals surface area contributed by atoms with Crippen molar-refractivity contribution in [1.82, 2.24) is 4.98 Å². The highest BCUT2D eigenvalue weighted by Crippen LogP contribution is 2.38. The Bertz CT molecular complexity index is 1500. The molecule has 6 nitrogen and oxygen atoms in total. The number of aromatic nitrogens is 1. The van der Waals surface area contributed by atoms with Crippen LogP contribution in [0, 0.1) is 10.8 Å². The van der Waals surface area contributed by atoms with E-state index >= 15 is 0 Å². The first-order chi connectivity index (χ1) is 20.5. The first kappa shape index (κ1) is 34.9. The number of alkyl halides is 6. The van der Waals surface area contributed by atoms with Crippen LogP contribution in [-0.2, 0) is 10.8 Å². The molecule has 6 N–H and O–H groups in total. The van der Waals surface area contributed by atoms with Crippen LogP contribution in [0.3, 0.4) is 0 Å². The van der Waals surface area contributed by atoms with Crippen molar-refractivity contribution >= 4 is 28.5 Å². The number of nitrogens with zero attached hydrogens (tertiary/aromatic N) is 2. The summed E-state index contributed by atoms with van der Waals surface area (Å²) in [6.45, 7) is 12.3. The molecule has 0 amide bonds. The standard InChI is InChI=1S/C33H36F6N6/c1-30(2,3)19-7-11-21(12-8-19)45(22-13-9-20(10-14-22)31(4,5)6)23-15-26(24(40)17-28(42)32(34,35)36)44-27(16-23)25(41)18-29(43)33(37,38)39/h7-18,40-41H,42-43H2,1-6H3. The molecule has 0 spiro atoms. The molecule has 0 unspecified atom stereocenters. The lowest BCUT2D eigenvalue weighted by Gasteiger charge is -2.28. The second kappa shape index (κ2) is 12.4. The van der Waals surface area contributed by atoms with Crippen LogP contribution in [0.5, 0.6) is 0 Å². The molecule has 3 aromatic rings. The fraction of sp³-hybridized carbons (Fsp3) is 0.303. The van der Waals surface area contributed by atoms with Crippen molar-refractivity contribution in [3.05, 3.63) is 107 Å². The molecule has 0 bridgehead atoms. The van der Waals surface area contributed by atoms with Gasteiger partial charge in [-0.3, -0.25) is 10.8 Å². The van der Waals surface area contributed by atoms with Gasteiger partial charge in [-0.15, -0.1) is 0 Å². The van der Waals surface area contributed by atoms with Crippen molar-refractivity contribution < 1.29 is 26.3 Å². The molecular weight excluding hydrogens is 594 g/mol. The fourth-order valence-electron chi connectivity index (χ4n) is 4.21. The molecule has 0 saturated heterocycles. The van der Waals surface area contributed by atoms with E-state index in [2.05, 4.69) is 4.98 Å². The van der Waals surface area contributed by atoms with Crippen LogP contribution in [0.2, 0.25) is 0 Å². The summed E-state index contributed by atoms with van der Waals surface area (Å²) in [7, 11) is 0. The van der Waals surface area contributed by atoms with Crippen molar-refractivity contribution in [3.8, 4) is 0 Å². The number of halogens is 6. The number of nitrogens with one attached hydrogen (secondary N) is 2. The summed E-state index contributed by atoms with van der Waals surface area (Å²) in [5, 5.41) is 16.7. The van der Waals surface area contributed by atoms with E-state index in [4.69, 9.17) is 22.3 Å². The molecule has 0 saturated carbocycles. The van der Waals surface area contributed by atoms with Gasteiger partial charge in [-0.05, 0) is 70.5 Å². The number of anilines is 3. The molecule has 0 fully saturated rings. The van der Waals surface area contributed by atoms with Gasteiger partial charge in [0.05, 0.1) is 28.5 Å². The van der Waals surface area contributed by atoms with E-state index in [-0.39, 0.29) is 27.9 Å². The van der Waals surface area contributed by atoms with Crippen molar-refractivity contribution in [2.75, 3.05) is 4.90 Å². The summed E-state index contributed by atoms with van der Waals surface area (Å²) in [5.74, 6) is 0. The van der Waals surface area contributed by atoms with Gasteiger partial charge < -0.3 is 16.4 Å². The second-order valence-electron chi connectivity index (χ2n) is 12.5. The number of nitrogens with two attached hydrogens (primary N) is 2. The normalized spacial score (nSPS) is 13.5. The summed E-state index contributed by atoms with van der Waals surface area (Å²) in [6, 6.07) is 17.6. The molecule has 0 aliphatic rings. The van der Waals surface area contributed by atoms with E-state index in [1.807, 2.05) is 90.1 Å². The molecule has 240 valence electrons. The van der Waals surface area contributed by atoms with Crippen LogP contribution in [0.15, 0.2) is 84.2 Å². The summed E-state index contributed by atoms with van der Waals surface area (Å²) >= 11 is 0. The van der Waals surface area contributed by atoms with E-state index < -0.39 is 35.2 Å².